The zero-order chi connectivity index (χ0) is 12.5. The molecule has 1 rings (SSSR count). The van der Waals surface area contributed by atoms with Crippen LogP contribution in [0.3, 0.4) is 0 Å². The van der Waals surface area contributed by atoms with Gasteiger partial charge in [0, 0.05) is 19.8 Å². The molecule has 0 aromatic heterocycles. The molecule has 0 aliphatic heterocycles. The summed E-state index contributed by atoms with van der Waals surface area (Å²) in [6.07, 6.45) is 0. The van der Waals surface area contributed by atoms with Crippen molar-refractivity contribution in [3.63, 3.8) is 0 Å². The first-order valence-corrected chi connectivity index (χ1v) is 5.09. The van der Waals surface area contributed by atoms with Crippen LogP contribution in [0.2, 0.25) is 0 Å². The molecular weight excluding hydrogens is 224 g/mol. The van der Waals surface area contributed by atoms with E-state index in [9.17, 15) is 4.79 Å². The maximum absolute atomic E-state index is 11.6. The number of methoxy groups -OCH3 is 2. The van der Waals surface area contributed by atoms with Crippen molar-refractivity contribution in [1.82, 2.24) is 0 Å². The summed E-state index contributed by atoms with van der Waals surface area (Å²) in [5, 5.41) is 0. The average Bonchev–Trinajstić information content (AvgIpc) is 2.37. The van der Waals surface area contributed by atoms with E-state index < -0.39 is 0 Å². The fourth-order valence-corrected chi connectivity index (χ4v) is 1.17. The molecule has 0 atom stereocenters. The van der Waals surface area contributed by atoms with Crippen molar-refractivity contribution in [2.24, 2.45) is 0 Å². The van der Waals surface area contributed by atoms with Gasteiger partial charge in [-0.25, -0.2) is 0 Å². The molecule has 0 fully saturated rings. The van der Waals surface area contributed by atoms with Crippen LogP contribution in [-0.2, 0) is 14.2 Å². The SMILES string of the molecule is COCOCC(=O)c1ccc(OCOC)cc1. The van der Waals surface area contributed by atoms with Gasteiger partial charge in [0.25, 0.3) is 0 Å². The van der Waals surface area contributed by atoms with Crippen molar-refractivity contribution < 1.29 is 23.7 Å². The third kappa shape index (κ3) is 4.95. The Morgan fingerprint density at radius 1 is 1.06 bits per heavy atom. The largest absolute Gasteiger partial charge is 0.468 e. The molecule has 1 aromatic rings. The van der Waals surface area contributed by atoms with Gasteiger partial charge in [-0.3, -0.25) is 4.79 Å². The second-order valence-electron chi connectivity index (χ2n) is 3.25. The first kappa shape index (κ1) is 13.6. The first-order valence-electron chi connectivity index (χ1n) is 5.09. The Morgan fingerprint density at radius 3 is 2.29 bits per heavy atom. The highest BCUT2D eigenvalue weighted by Crippen LogP contribution is 2.12. The van der Waals surface area contributed by atoms with Crippen molar-refractivity contribution in [2.45, 2.75) is 0 Å². The molecule has 0 spiro atoms. The maximum atomic E-state index is 11.6. The zero-order valence-corrected chi connectivity index (χ0v) is 9.97. The number of benzene rings is 1. The van der Waals surface area contributed by atoms with Crippen molar-refractivity contribution in [3.05, 3.63) is 29.8 Å². The normalized spacial score (nSPS) is 10.2. The molecule has 0 amide bonds. The number of ketones is 1. The molecule has 0 unspecified atom stereocenters. The molecule has 0 aliphatic carbocycles. The average molecular weight is 240 g/mol. The molecule has 0 saturated heterocycles. The Hall–Kier alpha value is -1.43. The van der Waals surface area contributed by atoms with Crippen LogP contribution < -0.4 is 4.74 Å². The summed E-state index contributed by atoms with van der Waals surface area (Å²) < 4.78 is 19.6. The van der Waals surface area contributed by atoms with E-state index in [0.29, 0.717) is 11.3 Å². The Balaban J connectivity index is 2.46. The molecule has 0 saturated carbocycles. The van der Waals surface area contributed by atoms with Gasteiger partial charge in [-0.2, -0.15) is 0 Å². The van der Waals surface area contributed by atoms with Crippen molar-refractivity contribution >= 4 is 5.78 Å². The summed E-state index contributed by atoms with van der Waals surface area (Å²) in [5.41, 5.74) is 0.575. The molecule has 5 nitrogen and oxygen atoms in total. The standard InChI is InChI=1S/C12H16O5/c1-14-8-16-7-12(13)10-3-5-11(6-4-10)17-9-15-2/h3-6H,7-9H2,1-2H3. The Bertz CT molecular complexity index is 333. The van der Waals surface area contributed by atoms with Gasteiger partial charge in [-0.05, 0) is 24.3 Å². The summed E-state index contributed by atoms with van der Waals surface area (Å²) in [6, 6.07) is 6.79. The number of carbonyl (C=O) groups is 1. The highest BCUT2D eigenvalue weighted by Gasteiger charge is 2.05. The van der Waals surface area contributed by atoms with Crippen LogP contribution >= 0.6 is 0 Å². The highest BCUT2D eigenvalue weighted by molar-refractivity contribution is 5.97. The fourth-order valence-electron chi connectivity index (χ4n) is 1.17. The molecule has 0 bridgehead atoms. The van der Waals surface area contributed by atoms with Gasteiger partial charge in [0.15, 0.2) is 12.6 Å². The van der Waals surface area contributed by atoms with Gasteiger partial charge in [0.1, 0.15) is 19.1 Å². The van der Waals surface area contributed by atoms with E-state index >= 15 is 0 Å². The lowest BCUT2D eigenvalue weighted by molar-refractivity contribution is -0.0237. The molecular formula is C12H16O5. The van der Waals surface area contributed by atoms with Gasteiger partial charge < -0.3 is 18.9 Å². The molecule has 5 heteroatoms. The van der Waals surface area contributed by atoms with Gasteiger partial charge >= 0.3 is 0 Å². The minimum Gasteiger partial charge on any atom is -0.468 e. The minimum atomic E-state index is -0.0969. The molecule has 0 aliphatic rings. The molecule has 94 valence electrons. The molecule has 0 radical (unpaired) electrons. The third-order valence-corrected chi connectivity index (χ3v) is 1.95. The van der Waals surface area contributed by atoms with Gasteiger partial charge in [-0.15, -0.1) is 0 Å². The summed E-state index contributed by atoms with van der Waals surface area (Å²) in [4.78, 5) is 11.6. The summed E-state index contributed by atoms with van der Waals surface area (Å²) in [7, 11) is 3.05. The minimum absolute atomic E-state index is 0.00607. The van der Waals surface area contributed by atoms with Crippen molar-refractivity contribution in [2.75, 3.05) is 34.4 Å². The lowest BCUT2D eigenvalue weighted by Gasteiger charge is -2.06. The van der Waals surface area contributed by atoms with E-state index in [4.69, 9.17) is 14.2 Å². The topological polar surface area (TPSA) is 54.0 Å². The fraction of sp³-hybridized carbons (Fsp3) is 0.417. The third-order valence-electron chi connectivity index (χ3n) is 1.95. The summed E-state index contributed by atoms with van der Waals surface area (Å²) in [6.45, 7) is 0.303. The van der Waals surface area contributed by atoms with Crippen LogP contribution in [0.4, 0.5) is 0 Å². The number of hydrogen-bond acceptors (Lipinski definition) is 5. The van der Waals surface area contributed by atoms with Gasteiger partial charge in [0.2, 0.25) is 0 Å². The number of Topliss-reactive ketones (excluding diaryl/α,β-unsaturated/α-hetero) is 1. The van der Waals surface area contributed by atoms with Crippen LogP contribution in [0, 0.1) is 0 Å². The smallest absolute Gasteiger partial charge is 0.188 e. The summed E-state index contributed by atoms with van der Waals surface area (Å²) >= 11 is 0. The predicted octanol–water partition coefficient (Wildman–Crippen LogP) is 1.47. The summed E-state index contributed by atoms with van der Waals surface area (Å²) in [5.74, 6) is 0.557. The molecule has 17 heavy (non-hydrogen) atoms. The second kappa shape index (κ2) is 7.78. The Kier molecular flexibility index (Phi) is 6.24. The van der Waals surface area contributed by atoms with Crippen LogP contribution in [0.1, 0.15) is 10.4 Å². The van der Waals surface area contributed by atoms with Crippen LogP contribution in [0.15, 0.2) is 24.3 Å². The van der Waals surface area contributed by atoms with Crippen LogP contribution in [0.25, 0.3) is 0 Å². The Morgan fingerprint density at radius 2 is 1.71 bits per heavy atom. The predicted molar refractivity (Wildman–Crippen MR) is 61.1 cm³/mol. The van der Waals surface area contributed by atoms with E-state index in [2.05, 4.69) is 4.74 Å². The number of ether oxygens (including phenoxy) is 4. The van der Waals surface area contributed by atoms with Crippen molar-refractivity contribution in [3.8, 4) is 5.75 Å². The van der Waals surface area contributed by atoms with E-state index in [1.807, 2.05) is 0 Å². The van der Waals surface area contributed by atoms with Crippen LogP contribution in [0.5, 0.6) is 5.75 Å². The maximum Gasteiger partial charge on any atom is 0.188 e. The monoisotopic (exact) mass is 240 g/mol. The quantitative estimate of drug-likeness (QED) is 0.391. The molecule has 1 aromatic carbocycles. The number of carbonyl (C=O) groups excluding carboxylic acids is 1. The van der Waals surface area contributed by atoms with E-state index in [1.54, 1.807) is 31.4 Å². The second-order valence-corrected chi connectivity index (χ2v) is 3.25. The van der Waals surface area contributed by atoms with E-state index in [0.717, 1.165) is 0 Å². The highest BCUT2D eigenvalue weighted by atomic mass is 16.7. The van der Waals surface area contributed by atoms with Crippen LogP contribution in [-0.4, -0.2) is 40.2 Å². The lowest BCUT2D eigenvalue weighted by atomic mass is 10.1. The molecule has 0 N–H and O–H groups in total. The lowest BCUT2D eigenvalue weighted by Crippen LogP contribution is -2.10. The van der Waals surface area contributed by atoms with Gasteiger partial charge in [-0.1, -0.05) is 0 Å². The van der Waals surface area contributed by atoms with Gasteiger partial charge in [0.05, 0.1) is 0 Å². The number of rotatable bonds is 8. The van der Waals surface area contributed by atoms with E-state index in [1.165, 1.54) is 7.11 Å². The Labute approximate surface area is 100 Å². The van der Waals surface area contributed by atoms with Crippen molar-refractivity contribution in [1.29, 1.82) is 0 Å². The zero-order valence-electron chi connectivity index (χ0n) is 9.97. The molecule has 0 heterocycles. The first-order chi connectivity index (χ1) is 8.27. The van der Waals surface area contributed by atoms with E-state index in [-0.39, 0.29) is 26.0 Å². The number of hydrogen-bond donors (Lipinski definition) is 0.